The van der Waals surface area contributed by atoms with Crippen LogP contribution in [0.4, 0.5) is 0 Å². The maximum absolute atomic E-state index is 10.6. The number of hydrogen-bond donors (Lipinski definition) is 0. The largest absolute Gasteiger partial charge is 0.233 e. The lowest BCUT2D eigenvalue weighted by Gasteiger charge is -1.98. The average Bonchev–Trinajstić information content (AvgIpc) is 1.83. The predicted octanol–water partition coefficient (Wildman–Crippen LogP) is 1.98. The SMILES string of the molecule is CCC([O])CCC=S. The first-order chi connectivity index (χ1) is 3.81. The molecule has 0 aromatic heterocycles. The quantitative estimate of drug-likeness (QED) is 0.534. The minimum absolute atomic E-state index is 0.394. The Hall–Kier alpha value is 0.0500. The minimum Gasteiger partial charge on any atom is -0.233 e. The van der Waals surface area contributed by atoms with Crippen LogP contribution >= 0.6 is 12.2 Å². The topological polar surface area (TPSA) is 19.9 Å². The Morgan fingerprint density at radius 1 is 1.75 bits per heavy atom. The molecular formula is C6H11OS. The van der Waals surface area contributed by atoms with Crippen LogP contribution in [0.5, 0.6) is 0 Å². The van der Waals surface area contributed by atoms with E-state index in [0.29, 0.717) is 6.42 Å². The van der Waals surface area contributed by atoms with Crippen LogP contribution in [-0.4, -0.2) is 11.5 Å². The van der Waals surface area contributed by atoms with Crippen LogP contribution in [-0.2, 0) is 5.11 Å². The second-order valence-electron chi connectivity index (χ2n) is 1.77. The zero-order valence-electron chi connectivity index (χ0n) is 5.09. The summed E-state index contributed by atoms with van der Waals surface area (Å²) in [5.74, 6) is 0. The molecule has 8 heavy (non-hydrogen) atoms. The van der Waals surface area contributed by atoms with Crippen LogP contribution in [0.25, 0.3) is 0 Å². The van der Waals surface area contributed by atoms with Crippen LogP contribution < -0.4 is 0 Å². The van der Waals surface area contributed by atoms with E-state index in [9.17, 15) is 5.11 Å². The van der Waals surface area contributed by atoms with Crippen molar-refractivity contribution in [3.05, 3.63) is 0 Å². The molecule has 0 fully saturated rings. The maximum Gasteiger partial charge on any atom is 0.0930 e. The molecule has 1 nitrogen and oxygen atoms in total. The molecule has 1 radical (unpaired) electrons. The Bertz CT molecular complexity index is 63.5. The van der Waals surface area contributed by atoms with Gasteiger partial charge in [0.2, 0.25) is 0 Å². The summed E-state index contributed by atoms with van der Waals surface area (Å²) in [4.78, 5) is 0. The van der Waals surface area contributed by atoms with Crippen LogP contribution in [0.2, 0.25) is 0 Å². The van der Waals surface area contributed by atoms with Crippen molar-refractivity contribution >= 4 is 17.6 Å². The van der Waals surface area contributed by atoms with Crippen LogP contribution in [0.15, 0.2) is 0 Å². The van der Waals surface area contributed by atoms with Crippen molar-refractivity contribution in [2.24, 2.45) is 0 Å². The highest BCUT2D eigenvalue weighted by atomic mass is 32.1. The molecule has 0 N–H and O–H groups in total. The van der Waals surface area contributed by atoms with Crippen molar-refractivity contribution in [3.63, 3.8) is 0 Å². The molecule has 0 bridgehead atoms. The summed E-state index contributed by atoms with van der Waals surface area (Å²) < 4.78 is 0. The minimum atomic E-state index is -0.394. The fourth-order valence-corrected chi connectivity index (χ4v) is 0.594. The van der Waals surface area contributed by atoms with Crippen molar-refractivity contribution in [3.8, 4) is 0 Å². The number of hydrogen-bond acceptors (Lipinski definition) is 1. The molecule has 0 aliphatic carbocycles. The highest BCUT2D eigenvalue weighted by Gasteiger charge is 1.98. The van der Waals surface area contributed by atoms with Gasteiger partial charge in [0.05, 0.1) is 6.10 Å². The van der Waals surface area contributed by atoms with Gasteiger partial charge in [0.15, 0.2) is 0 Å². The van der Waals surface area contributed by atoms with Gasteiger partial charge in [-0.05, 0) is 24.6 Å². The van der Waals surface area contributed by atoms with Gasteiger partial charge in [0.25, 0.3) is 0 Å². The molecule has 0 saturated heterocycles. The van der Waals surface area contributed by atoms with Crippen molar-refractivity contribution in [2.75, 3.05) is 0 Å². The van der Waals surface area contributed by atoms with Crippen LogP contribution in [0.3, 0.4) is 0 Å². The van der Waals surface area contributed by atoms with Gasteiger partial charge in [-0.25, -0.2) is 5.11 Å². The highest BCUT2D eigenvalue weighted by molar-refractivity contribution is 7.78. The molecule has 1 unspecified atom stereocenters. The molecule has 0 aromatic carbocycles. The van der Waals surface area contributed by atoms with E-state index in [-0.39, 0.29) is 0 Å². The fourth-order valence-electron chi connectivity index (χ4n) is 0.458. The Morgan fingerprint density at radius 2 is 2.38 bits per heavy atom. The molecule has 1 atom stereocenters. The molecule has 0 aromatic rings. The van der Waals surface area contributed by atoms with Crippen molar-refractivity contribution in [1.82, 2.24) is 0 Å². The summed E-state index contributed by atoms with van der Waals surface area (Å²) in [6.07, 6.45) is 1.83. The lowest BCUT2D eigenvalue weighted by Crippen LogP contribution is -2.00. The summed E-state index contributed by atoms with van der Waals surface area (Å²) in [5.41, 5.74) is 0. The van der Waals surface area contributed by atoms with Gasteiger partial charge in [-0.2, -0.15) is 0 Å². The lowest BCUT2D eigenvalue weighted by atomic mass is 10.2. The smallest absolute Gasteiger partial charge is 0.0930 e. The number of thiocarbonyl (C=S) groups is 1. The summed E-state index contributed by atoms with van der Waals surface area (Å²) in [6, 6.07) is 0. The maximum atomic E-state index is 10.6. The molecule has 0 amide bonds. The van der Waals surface area contributed by atoms with Crippen molar-refractivity contribution in [1.29, 1.82) is 0 Å². The third kappa shape index (κ3) is 4.22. The lowest BCUT2D eigenvalue weighted by molar-refractivity contribution is 0.0802. The standard InChI is InChI=1S/C6H11OS/c1-2-6(7)4-3-5-8/h5-6H,2-4H2,1H3. The molecule has 47 valence electrons. The van der Waals surface area contributed by atoms with E-state index < -0.39 is 6.10 Å². The van der Waals surface area contributed by atoms with Gasteiger partial charge < -0.3 is 0 Å². The van der Waals surface area contributed by atoms with Gasteiger partial charge in [-0.1, -0.05) is 19.1 Å². The van der Waals surface area contributed by atoms with Gasteiger partial charge in [0.1, 0.15) is 0 Å². The average molecular weight is 131 g/mol. The molecular weight excluding hydrogens is 120 g/mol. The first kappa shape index (κ1) is 8.05. The zero-order chi connectivity index (χ0) is 6.41. The number of rotatable bonds is 4. The Morgan fingerprint density at radius 3 is 2.75 bits per heavy atom. The Balaban J connectivity index is 2.97. The molecule has 0 aliphatic heterocycles. The second-order valence-corrected chi connectivity index (χ2v) is 2.11. The molecule has 2 heteroatoms. The van der Waals surface area contributed by atoms with E-state index in [2.05, 4.69) is 12.2 Å². The predicted molar refractivity (Wildman–Crippen MR) is 37.7 cm³/mol. The van der Waals surface area contributed by atoms with E-state index in [1.165, 1.54) is 0 Å². The van der Waals surface area contributed by atoms with E-state index >= 15 is 0 Å². The van der Waals surface area contributed by atoms with Gasteiger partial charge >= 0.3 is 0 Å². The molecule has 0 saturated carbocycles. The fraction of sp³-hybridized carbons (Fsp3) is 0.833. The van der Waals surface area contributed by atoms with E-state index in [0.717, 1.165) is 12.8 Å². The van der Waals surface area contributed by atoms with Crippen molar-refractivity contribution < 1.29 is 5.11 Å². The molecule has 0 aliphatic rings. The first-order valence-corrected chi connectivity index (χ1v) is 3.37. The Kier molecular flexibility index (Phi) is 5.22. The third-order valence-electron chi connectivity index (χ3n) is 1.06. The second kappa shape index (κ2) is 5.19. The normalized spacial score (nSPS) is 13.2. The summed E-state index contributed by atoms with van der Waals surface area (Å²) in [6.45, 7) is 1.90. The van der Waals surface area contributed by atoms with Gasteiger partial charge in [0, 0.05) is 0 Å². The molecule has 0 heterocycles. The van der Waals surface area contributed by atoms with Crippen LogP contribution in [0.1, 0.15) is 26.2 Å². The molecule has 0 rings (SSSR count). The third-order valence-corrected chi connectivity index (χ3v) is 1.30. The highest BCUT2D eigenvalue weighted by Crippen LogP contribution is 1.98. The van der Waals surface area contributed by atoms with Gasteiger partial charge in [-0.3, -0.25) is 0 Å². The van der Waals surface area contributed by atoms with Gasteiger partial charge in [-0.15, -0.1) is 0 Å². The van der Waals surface area contributed by atoms with E-state index in [1.807, 2.05) is 6.92 Å². The summed E-state index contributed by atoms with van der Waals surface area (Å²) in [7, 11) is 0. The zero-order valence-corrected chi connectivity index (χ0v) is 5.91. The van der Waals surface area contributed by atoms with Crippen molar-refractivity contribution in [2.45, 2.75) is 32.3 Å². The summed E-state index contributed by atoms with van der Waals surface area (Å²) >= 11 is 4.55. The van der Waals surface area contributed by atoms with Crippen LogP contribution in [0, 0.1) is 0 Å². The van der Waals surface area contributed by atoms with E-state index in [4.69, 9.17) is 0 Å². The summed E-state index contributed by atoms with van der Waals surface area (Å²) in [5, 5.41) is 12.2. The first-order valence-electron chi connectivity index (χ1n) is 2.90. The molecule has 0 spiro atoms. The van der Waals surface area contributed by atoms with E-state index in [1.54, 1.807) is 5.37 Å². The monoisotopic (exact) mass is 131 g/mol. The Labute approximate surface area is 55.7 Å².